The van der Waals surface area contributed by atoms with E-state index in [9.17, 15) is 0 Å². The summed E-state index contributed by atoms with van der Waals surface area (Å²) in [5, 5.41) is 0. The van der Waals surface area contributed by atoms with E-state index < -0.39 is 0 Å². The first-order chi connectivity index (χ1) is 13.0. The van der Waals surface area contributed by atoms with E-state index in [0.29, 0.717) is 11.8 Å². The van der Waals surface area contributed by atoms with E-state index in [0.717, 1.165) is 11.3 Å². The Morgan fingerprint density at radius 1 is 0.778 bits per heavy atom. The SMILES string of the molecule is Cc1ccc(-c2ccccc2)c(C=Nc2cc(C(C)C)ccc2C(C)C)c1. The Morgan fingerprint density at radius 2 is 1.52 bits per heavy atom. The van der Waals surface area contributed by atoms with Gasteiger partial charge >= 0.3 is 0 Å². The fourth-order valence-electron chi connectivity index (χ4n) is 3.33. The van der Waals surface area contributed by atoms with Gasteiger partial charge in [0, 0.05) is 11.8 Å². The number of benzene rings is 3. The molecular formula is C26H29N. The van der Waals surface area contributed by atoms with Crippen LogP contribution in [0.5, 0.6) is 0 Å². The van der Waals surface area contributed by atoms with Gasteiger partial charge < -0.3 is 0 Å². The zero-order valence-corrected chi connectivity index (χ0v) is 17.0. The predicted molar refractivity (Wildman–Crippen MR) is 118 cm³/mol. The lowest BCUT2D eigenvalue weighted by Crippen LogP contribution is -1.94. The maximum atomic E-state index is 4.94. The third kappa shape index (κ3) is 4.54. The first kappa shape index (κ1) is 19.1. The van der Waals surface area contributed by atoms with Gasteiger partial charge in [-0.3, -0.25) is 4.99 Å². The van der Waals surface area contributed by atoms with Gasteiger partial charge in [0.2, 0.25) is 0 Å². The summed E-state index contributed by atoms with van der Waals surface area (Å²) in [5.74, 6) is 0.948. The Labute approximate surface area is 163 Å². The summed E-state index contributed by atoms with van der Waals surface area (Å²) in [6, 6.07) is 23.8. The lowest BCUT2D eigenvalue weighted by atomic mass is 9.95. The second-order valence-corrected chi connectivity index (χ2v) is 7.84. The third-order valence-corrected chi connectivity index (χ3v) is 4.98. The Balaban J connectivity index is 2.06. The van der Waals surface area contributed by atoms with E-state index >= 15 is 0 Å². The third-order valence-electron chi connectivity index (χ3n) is 4.98. The van der Waals surface area contributed by atoms with Crippen molar-refractivity contribution in [3.63, 3.8) is 0 Å². The summed E-state index contributed by atoms with van der Waals surface area (Å²) in [5.41, 5.74) is 8.55. The highest BCUT2D eigenvalue weighted by atomic mass is 14.7. The summed E-state index contributed by atoms with van der Waals surface area (Å²) >= 11 is 0. The molecule has 0 radical (unpaired) electrons. The Morgan fingerprint density at radius 3 is 2.19 bits per heavy atom. The molecule has 0 amide bonds. The second kappa shape index (κ2) is 8.35. The zero-order valence-electron chi connectivity index (χ0n) is 17.0. The van der Waals surface area contributed by atoms with Gasteiger partial charge in [-0.05, 0) is 53.1 Å². The van der Waals surface area contributed by atoms with Gasteiger partial charge in [0.15, 0.2) is 0 Å². The smallest absolute Gasteiger partial charge is 0.0667 e. The van der Waals surface area contributed by atoms with Gasteiger partial charge in [-0.15, -0.1) is 0 Å². The maximum Gasteiger partial charge on any atom is 0.0667 e. The van der Waals surface area contributed by atoms with Gasteiger partial charge in [-0.1, -0.05) is 87.9 Å². The van der Waals surface area contributed by atoms with Crippen LogP contribution in [0.25, 0.3) is 11.1 Å². The van der Waals surface area contributed by atoms with Gasteiger partial charge in [-0.25, -0.2) is 0 Å². The molecule has 0 aromatic heterocycles. The molecule has 138 valence electrons. The monoisotopic (exact) mass is 355 g/mol. The maximum absolute atomic E-state index is 4.94. The van der Waals surface area contributed by atoms with Crippen molar-refractivity contribution in [3.05, 3.63) is 89.0 Å². The highest BCUT2D eigenvalue weighted by molar-refractivity contribution is 5.92. The van der Waals surface area contributed by atoms with E-state index in [1.54, 1.807) is 0 Å². The highest BCUT2D eigenvalue weighted by Gasteiger charge is 2.09. The van der Waals surface area contributed by atoms with E-state index in [1.165, 1.54) is 27.8 Å². The minimum Gasteiger partial charge on any atom is -0.256 e. The van der Waals surface area contributed by atoms with E-state index in [1.807, 2.05) is 6.21 Å². The molecule has 27 heavy (non-hydrogen) atoms. The van der Waals surface area contributed by atoms with Gasteiger partial charge in [-0.2, -0.15) is 0 Å². The van der Waals surface area contributed by atoms with Crippen molar-refractivity contribution in [1.29, 1.82) is 0 Å². The molecule has 0 heterocycles. The molecule has 1 nitrogen and oxygen atoms in total. The van der Waals surface area contributed by atoms with Crippen LogP contribution in [0.2, 0.25) is 0 Å². The number of rotatable bonds is 5. The molecule has 0 spiro atoms. The predicted octanol–water partition coefficient (Wildman–Crippen LogP) is 7.66. The summed E-state index contributed by atoms with van der Waals surface area (Å²) in [6.45, 7) is 11.0. The number of hydrogen-bond acceptors (Lipinski definition) is 1. The van der Waals surface area contributed by atoms with Crippen molar-refractivity contribution in [3.8, 4) is 11.1 Å². The number of hydrogen-bond donors (Lipinski definition) is 0. The van der Waals surface area contributed by atoms with E-state index in [-0.39, 0.29) is 0 Å². The van der Waals surface area contributed by atoms with Gasteiger partial charge in [0.25, 0.3) is 0 Å². The molecule has 3 aromatic carbocycles. The van der Waals surface area contributed by atoms with Crippen molar-refractivity contribution in [2.24, 2.45) is 4.99 Å². The van der Waals surface area contributed by atoms with Crippen LogP contribution >= 0.6 is 0 Å². The highest BCUT2D eigenvalue weighted by Crippen LogP contribution is 2.31. The summed E-state index contributed by atoms with van der Waals surface area (Å²) in [4.78, 5) is 4.94. The molecule has 0 unspecified atom stereocenters. The van der Waals surface area contributed by atoms with Crippen molar-refractivity contribution in [1.82, 2.24) is 0 Å². The van der Waals surface area contributed by atoms with E-state index in [4.69, 9.17) is 4.99 Å². The number of aliphatic imine (C=N–C) groups is 1. The van der Waals surface area contributed by atoms with Crippen LogP contribution in [0, 0.1) is 6.92 Å². The Kier molecular flexibility index (Phi) is 5.91. The Bertz CT molecular complexity index is 934. The fraction of sp³-hybridized carbons (Fsp3) is 0.269. The number of aryl methyl sites for hydroxylation is 1. The van der Waals surface area contributed by atoms with Crippen molar-refractivity contribution in [2.75, 3.05) is 0 Å². The Hall–Kier alpha value is -2.67. The van der Waals surface area contributed by atoms with Crippen LogP contribution in [0.1, 0.15) is 61.8 Å². The zero-order chi connectivity index (χ0) is 19.4. The summed E-state index contributed by atoms with van der Waals surface area (Å²) in [6.07, 6.45) is 2.03. The molecule has 0 fully saturated rings. The van der Waals surface area contributed by atoms with Crippen molar-refractivity contribution in [2.45, 2.75) is 46.5 Å². The fourth-order valence-corrected chi connectivity index (χ4v) is 3.33. The molecule has 0 bridgehead atoms. The molecule has 0 aliphatic heterocycles. The average Bonchev–Trinajstić information content (AvgIpc) is 2.66. The molecule has 3 aromatic rings. The normalized spacial score (nSPS) is 11.7. The van der Waals surface area contributed by atoms with Crippen LogP contribution in [-0.2, 0) is 0 Å². The number of nitrogens with zero attached hydrogens (tertiary/aromatic N) is 1. The molecule has 1 heteroatoms. The van der Waals surface area contributed by atoms with Crippen LogP contribution in [-0.4, -0.2) is 6.21 Å². The molecule has 0 aliphatic carbocycles. The minimum absolute atomic E-state index is 0.449. The molecule has 0 atom stereocenters. The van der Waals surface area contributed by atoms with E-state index in [2.05, 4.69) is 101 Å². The van der Waals surface area contributed by atoms with Gasteiger partial charge in [0.05, 0.1) is 5.69 Å². The van der Waals surface area contributed by atoms with Crippen LogP contribution < -0.4 is 0 Å². The molecule has 0 saturated carbocycles. The average molecular weight is 356 g/mol. The first-order valence-corrected chi connectivity index (χ1v) is 9.79. The summed E-state index contributed by atoms with van der Waals surface area (Å²) < 4.78 is 0. The van der Waals surface area contributed by atoms with Crippen LogP contribution in [0.15, 0.2) is 71.7 Å². The lowest BCUT2D eigenvalue weighted by molar-refractivity contribution is 0.845. The molecular weight excluding hydrogens is 326 g/mol. The quantitative estimate of drug-likeness (QED) is 0.417. The van der Waals surface area contributed by atoms with Crippen molar-refractivity contribution < 1.29 is 0 Å². The second-order valence-electron chi connectivity index (χ2n) is 7.84. The van der Waals surface area contributed by atoms with Crippen LogP contribution in [0.3, 0.4) is 0 Å². The standard InChI is InChI=1S/C26H29N/c1-18(2)22-12-14-24(19(3)4)26(16-22)27-17-23-15-20(5)11-13-25(23)21-9-7-6-8-10-21/h6-19H,1-5H3. The molecule has 3 rings (SSSR count). The first-order valence-electron chi connectivity index (χ1n) is 9.79. The lowest BCUT2D eigenvalue weighted by Gasteiger charge is -2.13. The molecule has 0 saturated heterocycles. The minimum atomic E-state index is 0.449. The summed E-state index contributed by atoms with van der Waals surface area (Å²) in [7, 11) is 0. The topological polar surface area (TPSA) is 12.4 Å². The largest absolute Gasteiger partial charge is 0.256 e. The van der Waals surface area contributed by atoms with Crippen LogP contribution in [0.4, 0.5) is 5.69 Å². The molecule has 0 N–H and O–H groups in total. The van der Waals surface area contributed by atoms with Gasteiger partial charge in [0.1, 0.15) is 0 Å². The van der Waals surface area contributed by atoms with Crippen molar-refractivity contribution >= 4 is 11.9 Å². The molecule has 0 aliphatic rings.